The molecule has 0 aromatic heterocycles. The summed E-state index contributed by atoms with van der Waals surface area (Å²) in [7, 11) is 0. The van der Waals surface area contributed by atoms with E-state index in [-0.39, 0.29) is 16.2 Å². The third-order valence-electron chi connectivity index (χ3n) is 3.39. The smallest absolute Gasteiger partial charge is 0.249 e. The van der Waals surface area contributed by atoms with Crippen LogP contribution in [0.4, 0.5) is 5.69 Å². The average molecular weight is 286 g/mol. The standard InChI is InChI=1S/C12H12ClNOS2/c1-16-12-6-7-17-9-5-3-2-4-8(9)14(12)11(15)10(12)13/h2-5,10H,6-7H2,1H3. The fraction of sp³-hybridized carbons (Fsp3) is 0.417. The van der Waals surface area contributed by atoms with Crippen molar-refractivity contribution in [3.05, 3.63) is 24.3 Å². The molecule has 0 spiro atoms. The number of hydrogen-bond acceptors (Lipinski definition) is 3. The topological polar surface area (TPSA) is 20.3 Å². The van der Waals surface area contributed by atoms with Crippen molar-refractivity contribution in [1.82, 2.24) is 0 Å². The maximum atomic E-state index is 12.0. The molecule has 2 nitrogen and oxygen atoms in total. The highest BCUT2D eigenvalue weighted by Gasteiger charge is 2.60. The molecule has 1 aromatic carbocycles. The number of para-hydroxylation sites is 1. The fourth-order valence-electron chi connectivity index (χ4n) is 2.47. The summed E-state index contributed by atoms with van der Waals surface area (Å²) < 4.78 is 0. The zero-order valence-corrected chi connectivity index (χ0v) is 11.7. The third kappa shape index (κ3) is 1.47. The number of fused-ring (bicyclic) bond motifs is 3. The van der Waals surface area contributed by atoms with Gasteiger partial charge in [-0.3, -0.25) is 9.69 Å². The number of thioether (sulfide) groups is 2. The van der Waals surface area contributed by atoms with Gasteiger partial charge >= 0.3 is 0 Å². The summed E-state index contributed by atoms with van der Waals surface area (Å²) in [6.45, 7) is 0. The highest BCUT2D eigenvalue weighted by molar-refractivity contribution is 8.01. The zero-order valence-electron chi connectivity index (χ0n) is 9.35. The van der Waals surface area contributed by atoms with Gasteiger partial charge in [0.1, 0.15) is 10.2 Å². The summed E-state index contributed by atoms with van der Waals surface area (Å²) in [6.07, 6.45) is 2.97. The molecule has 0 radical (unpaired) electrons. The van der Waals surface area contributed by atoms with Crippen molar-refractivity contribution in [3.63, 3.8) is 0 Å². The van der Waals surface area contributed by atoms with E-state index in [1.807, 2.05) is 41.1 Å². The minimum Gasteiger partial charge on any atom is -0.293 e. The van der Waals surface area contributed by atoms with E-state index in [4.69, 9.17) is 11.6 Å². The molecule has 2 atom stereocenters. The molecule has 1 amide bonds. The minimum atomic E-state index is -0.385. The van der Waals surface area contributed by atoms with Crippen LogP contribution in [0.5, 0.6) is 0 Å². The van der Waals surface area contributed by atoms with Crippen LogP contribution in [0.15, 0.2) is 29.2 Å². The highest BCUT2D eigenvalue weighted by atomic mass is 35.5. The predicted octanol–water partition coefficient (Wildman–Crippen LogP) is 3.20. The molecule has 2 heterocycles. The number of halogens is 1. The lowest BCUT2D eigenvalue weighted by Gasteiger charge is -2.53. The summed E-state index contributed by atoms with van der Waals surface area (Å²) in [5, 5.41) is -0.385. The molecule has 1 saturated heterocycles. The van der Waals surface area contributed by atoms with Gasteiger partial charge in [-0.15, -0.1) is 35.1 Å². The molecule has 0 saturated carbocycles. The molecule has 5 heteroatoms. The second-order valence-corrected chi connectivity index (χ2v) is 6.84. The highest BCUT2D eigenvalue weighted by Crippen LogP contribution is 2.53. The lowest BCUT2D eigenvalue weighted by Crippen LogP contribution is -2.71. The average Bonchev–Trinajstić information content (AvgIpc) is 2.52. The van der Waals surface area contributed by atoms with E-state index < -0.39 is 0 Å². The molecule has 1 fully saturated rings. The Bertz CT molecular complexity index is 481. The Hall–Kier alpha value is -0.320. The van der Waals surface area contributed by atoms with Crippen molar-refractivity contribution in [1.29, 1.82) is 0 Å². The van der Waals surface area contributed by atoms with E-state index in [1.54, 1.807) is 11.8 Å². The lowest BCUT2D eigenvalue weighted by atomic mass is 9.96. The first-order valence-electron chi connectivity index (χ1n) is 5.46. The number of carbonyl (C=O) groups excluding carboxylic acids is 1. The number of nitrogens with zero attached hydrogens (tertiary/aromatic N) is 1. The maximum absolute atomic E-state index is 12.0. The van der Waals surface area contributed by atoms with Crippen LogP contribution < -0.4 is 4.90 Å². The predicted molar refractivity (Wildman–Crippen MR) is 75.2 cm³/mol. The fourth-order valence-corrected chi connectivity index (χ4v) is 5.27. The van der Waals surface area contributed by atoms with Crippen LogP contribution in [-0.2, 0) is 4.79 Å². The Morgan fingerprint density at radius 1 is 1.53 bits per heavy atom. The van der Waals surface area contributed by atoms with E-state index in [0.717, 1.165) is 17.9 Å². The van der Waals surface area contributed by atoms with Crippen LogP contribution in [0.3, 0.4) is 0 Å². The number of hydrogen-bond donors (Lipinski definition) is 0. The van der Waals surface area contributed by atoms with E-state index in [9.17, 15) is 4.79 Å². The Kier molecular flexibility index (Phi) is 2.84. The van der Waals surface area contributed by atoms with E-state index >= 15 is 0 Å². The molecule has 2 unspecified atom stereocenters. The van der Waals surface area contributed by atoms with Gasteiger partial charge in [-0.05, 0) is 24.8 Å². The van der Waals surface area contributed by atoms with Crippen LogP contribution >= 0.6 is 35.1 Å². The van der Waals surface area contributed by atoms with Crippen molar-refractivity contribution >= 4 is 46.7 Å². The summed E-state index contributed by atoms with van der Waals surface area (Å²) in [5.74, 6) is 1.04. The van der Waals surface area contributed by atoms with Crippen LogP contribution in [0.2, 0.25) is 0 Å². The summed E-state index contributed by atoms with van der Waals surface area (Å²) >= 11 is 9.75. The first-order valence-corrected chi connectivity index (χ1v) is 8.10. The molecular weight excluding hydrogens is 274 g/mol. The number of anilines is 1. The molecule has 0 aliphatic carbocycles. The van der Waals surface area contributed by atoms with Crippen molar-refractivity contribution in [3.8, 4) is 0 Å². The largest absolute Gasteiger partial charge is 0.293 e. The van der Waals surface area contributed by atoms with Gasteiger partial charge in [0, 0.05) is 10.6 Å². The van der Waals surface area contributed by atoms with Gasteiger partial charge in [0.15, 0.2) is 0 Å². The quantitative estimate of drug-likeness (QED) is 0.584. The van der Waals surface area contributed by atoms with Gasteiger partial charge in [0.2, 0.25) is 5.91 Å². The van der Waals surface area contributed by atoms with Gasteiger partial charge in [0.05, 0.1) is 5.69 Å². The normalized spacial score (nSPS) is 31.3. The summed E-state index contributed by atoms with van der Waals surface area (Å²) in [4.78, 5) is 14.9. The molecule has 0 bridgehead atoms. The third-order valence-corrected chi connectivity index (χ3v) is 6.46. The Morgan fingerprint density at radius 2 is 2.29 bits per heavy atom. The van der Waals surface area contributed by atoms with Crippen molar-refractivity contribution < 1.29 is 4.79 Å². The summed E-state index contributed by atoms with van der Waals surface area (Å²) in [5.41, 5.74) is 1.02. The Morgan fingerprint density at radius 3 is 3.06 bits per heavy atom. The van der Waals surface area contributed by atoms with Crippen LogP contribution in [0.25, 0.3) is 0 Å². The molecule has 2 aliphatic rings. The number of carbonyl (C=O) groups is 1. The molecule has 17 heavy (non-hydrogen) atoms. The van der Waals surface area contributed by atoms with Crippen molar-refractivity contribution in [2.75, 3.05) is 16.9 Å². The first-order chi connectivity index (χ1) is 8.20. The molecule has 0 N–H and O–H groups in total. The van der Waals surface area contributed by atoms with Gasteiger partial charge < -0.3 is 0 Å². The Balaban J connectivity index is 2.12. The summed E-state index contributed by atoms with van der Waals surface area (Å²) in [6, 6.07) is 8.08. The number of alkyl halides is 1. The minimum absolute atomic E-state index is 0.0379. The number of rotatable bonds is 1. The van der Waals surface area contributed by atoms with Gasteiger partial charge in [0.25, 0.3) is 0 Å². The monoisotopic (exact) mass is 285 g/mol. The van der Waals surface area contributed by atoms with Gasteiger partial charge in [-0.1, -0.05) is 12.1 Å². The molecule has 2 aliphatic heterocycles. The van der Waals surface area contributed by atoms with Crippen LogP contribution in [-0.4, -0.2) is 28.2 Å². The Labute approximate surface area is 114 Å². The number of benzene rings is 1. The second kappa shape index (κ2) is 4.11. The van der Waals surface area contributed by atoms with Gasteiger partial charge in [-0.2, -0.15) is 0 Å². The SMILES string of the molecule is CSC12CCSc3ccccc3N1C(=O)C2Cl. The molecular formula is C12H12ClNOS2. The van der Waals surface area contributed by atoms with Crippen LogP contribution in [0, 0.1) is 0 Å². The van der Waals surface area contributed by atoms with Gasteiger partial charge in [-0.25, -0.2) is 0 Å². The van der Waals surface area contributed by atoms with E-state index in [2.05, 4.69) is 6.07 Å². The lowest BCUT2D eigenvalue weighted by molar-refractivity contribution is -0.124. The maximum Gasteiger partial charge on any atom is 0.249 e. The van der Waals surface area contributed by atoms with Crippen molar-refractivity contribution in [2.45, 2.75) is 21.6 Å². The van der Waals surface area contributed by atoms with Crippen LogP contribution in [0.1, 0.15) is 6.42 Å². The van der Waals surface area contributed by atoms with Crippen molar-refractivity contribution in [2.24, 2.45) is 0 Å². The van der Waals surface area contributed by atoms with E-state index in [1.165, 1.54) is 4.90 Å². The molecule has 1 aromatic rings. The zero-order chi connectivity index (χ0) is 12.0. The molecule has 90 valence electrons. The van der Waals surface area contributed by atoms with E-state index in [0.29, 0.717) is 0 Å². The second-order valence-electron chi connectivity index (χ2n) is 4.15. The number of amides is 1. The number of β-lactam (4-membered cyclic amide) rings is 1. The first kappa shape index (κ1) is 11.8. The molecule has 3 rings (SSSR count).